The van der Waals surface area contributed by atoms with Gasteiger partial charge in [0, 0.05) is 13.1 Å². The normalized spacial score (nSPS) is 10.4. The molecular weight excluding hydrogens is 249 g/mol. The second-order valence-corrected chi connectivity index (χ2v) is 3.98. The van der Waals surface area contributed by atoms with Gasteiger partial charge in [0.05, 0.1) is 12.7 Å². The number of hydrogen-bond donors (Lipinski definition) is 2. The third-order valence-electron chi connectivity index (χ3n) is 2.43. The van der Waals surface area contributed by atoms with Crippen LogP contribution in [0.2, 0.25) is 0 Å². The molecule has 0 radical (unpaired) electrons. The Morgan fingerprint density at radius 2 is 2.32 bits per heavy atom. The Morgan fingerprint density at radius 3 is 3.05 bits per heavy atom. The fourth-order valence-electron chi connectivity index (χ4n) is 1.58. The first kappa shape index (κ1) is 13.2. The number of amides is 1. The Balaban J connectivity index is 2.03. The molecule has 3 N–H and O–H groups in total. The van der Waals surface area contributed by atoms with Crippen LogP contribution in [-0.2, 0) is 6.54 Å². The summed E-state index contributed by atoms with van der Waals surface area (Å²) in [6.07, 6.45) is 1.51. The Bertz CT molecular complexity index is 569. The average molecular weight is 263 g/mol. The molecule has 0 aliphatic rings. The quantitative estimate of drug-likeness (QED) is 0.804. The van der Waals surface area contributed by atoms with Gasteiger partial charge in [-0.15, -0.1) is 5.10 Å². The molecule has 7 heteroatoms. The molecule has 0 bridgehead atoms. The van der Waals surface area contributed by atoms with E-state index in [2.05, 4.69) is 15.6 Å². The topological polar surface area (TPSA) is 85.8 Å². The highest BCUT2D eigenvalue weighted by Gasteiger charge is 2.09. The molecule has 1 amide bonds. The van der Waals surface area contributed by atoms with Crippen molar-refractivity contribution in [3.05, 3.63) is 47.5 Å². The standard InChI is InChI=1S/C12H14FN5O/c13-10-3-1-2-9(6-10)7-18-8-11(16-17-18)12(19)15-5-4-14/h1-3,6,8H,4-5,7,14H2,(H,15,19). The molecule has 0 atom stereocenters. The number of nitrogens with two attached hydrogens (primary N) is 1. The van der Waals surface area contributed by atoms with Crippen LogP contribution in [0.5, 0.6) is 0 Å². The van der Waals surface area contributed by atoms with E-state index in [1.165, 1.54) is 23.0 Å². The van der Waals surface area contributed by atoms with Crippen molar-refractivity contribution in [2.24, 2.45) is 5.73 Å². The predicted molar refractivity (Wildman–Crippen MR) is 66.9 cm³/mol. The maximum Gasteiger partial charge on any atom is 0.273 e. The number of nitrogens with zero attached hydrogens (tertiary/aromatic N) is 3. The van der Waals surface area contributed by atoms with Crippen molar-refractivity contribution in [1.29, 1.82) is 0 Å². The van der Waals surface area contributed by atoms with Gasteiger partial charge in [-0.2, -0.15) is 0 Å². The lowest BCUT2D eigenvalue weighted by atomic mass is 10.2. The first-order chi connectivity index (χ1) is 9.19. The number of aromatic nitrogens is 3. The van der Waals surface area contributed by atoms with Crippen LogP contribution in [0.25, 0.3) is 0 Å². The first-order valence-corrected chi connectivity index (χ1v) is 5.82. The zero-order valence-corrected chi connectivity index (χ0v) is 10.2. The summed E-state index contributed by atoms with van der Waals surface area (Å²) in [7, 11) is 0. The molecule has 0 spiro atoms. The third-order valence-corrected chi connectivity index (χ3v) is 2.43. The van der Waals surface area contributed by atoms with E-state index in [0.29, 0.717) is 19.6 Å². The summed E-state index contributed by atoms with van der Waals surface area (Å²) in [5.41, 5.74) is 6.25. The first-order valence-electron chi connectivity index (χ1n) is 5.82. The molecule has 0 aliphatic carbocycles. The van der Waals surface area contributed by atoms with Crippen molar-refractivity contribution in [3.8, 4) is 0 Å². The van der Waals surface area contributed by atoms with Crippen LogP contribution in [0.1, 0.15) is 16.1 Å². The lowest BCUT2D eigenvalue weighted by molar-refractivity contribution is 0.0949. The molecule has 0 fully saturated rings. The monoisotopic (exact) mass is 263 g/mol. The highest BCUT2D eigenvalue weighted by atomic mass is 19.1. The molecule has 0 aliphatic heterocycles. The lowest BCUT2D eigenvalue weighted by Gasteiger charge is -2.00. The Labute approximate surface area is 109 Å². The maximum absolute atomic E-state index is 13.0. The van der Waals surface area contributed by atoms with Crippen molar-refractivity contribution >= 4 is 5.91 Å². The minimum absolute atomic E-state index is 0.213. The van der Waals surface area contributed by atoms with E-state index in [-0.39, 0.29) is 17.4 Å². The van der Waals surface area contributed by atoms with Crippen LogP contribution >= 0.6 is 0 Å². The molecule has 1 aromatic heterocycles. The summed E-state index contributed by atoms with van der Waals surface area (Å²) < 4.78 is 14.5. The van der Waals surface area contributed by atoms with Gasteiger partial charge in [0.25, 0.3) is 5.91 Å². The van der Waals surface area contributed by atoms with E-state index < -0.39 is 0 Å². The Hall–Kier alpha value is -2.28. The SMILES string of the molecule is NCCNC(=O)c1cn(Cc2cccc(F)c2)nn1. The number of nitrogens with one attached hydrogen (secondary N) is 1. The second-order valence-electron chi connectivity index (χ2n) is 3.98. The van der Waals surface area contributed by atoms with Crippen LogP contribution in [0.4, 0.5) is 4.39 Å². The summed E-state index contributed by atoms with van der Waals surface area (Å²) in [4.78, 5) is 11.6. The fraction of sp³-hybridized carbons (Fsp3) is 0.250. The molecule has 1 heterocycles. The zero-order valence-electron chi connectivity index (χ0n) is 10.2. The number of carbonyl (C=O) groups is 1. The highest BCUT2D eigenvalue weighted by molar-refractivity contribution is 5.91. The smallest absolute Gasteiger partial charge is 0.273 e. The number of hydrogen-bond acceptors (Lipinski definition) is 4. The summed E-state index contributed by atoms with van der Waals surface area (Å²) in [6.45, 7) is 1.10. The van der Waals surface area contributed by atoms with Crippen LogP contribution in [-0.4, -0.2) is 34.0 Å². The van der Waals surface area contributed by atoms with Gasteiger partial charge in [0.15, 0.2) is 5.69 Å². The molecule has 2 rings (SSSR count). The molecule has 1 aromatic carbocycles. The maximum atomic E-state index is 13.0. The second kappa shape index (κ2) is 6.05. The molecule has 6 nitrogen and oxygen atoms in total. The Morgan fingerprint density at radius 1 is 1.47 bits per heavy atom. The van der Waals surface area contributed by atoms with Crippen molar-refractivity contribution in [2.45, 2.75) is 6.54 Å². The third kappa shape index (κ3) is 3.59. The number of benzene rings is 1. The van der Waals surface area contributed by atoms with E-state index in [1.54, 1.807) is 12.1 Å². The summed E-state index contributed by atoms with van der Waals surface area (Å²) in [6, 6.07) is 6.18. The van der Waals surface area contributed by atoms with Crippen LogP contribution < -0.4 is 11.1 Å². The van der Waals surface area contributed by atoms with E-state index in [4.69, 9.17) is 5.73 Å². The molecule has 0 saturated heterocycles. The molecule has 100 valence electrons. The van der Waals surface area contributed by atoms with Crippen molar-refractivity contribution in [3.63, 3.8) is 0 Å². The van der Waals surface area contributed by atoms with Gasteiger partial charge in [-0.25, -0.2) is 9.07 Å². The zero-order chi connectivity index (χ0) is 13.7. The van der Waals surface area contributed by atoms with Crippen molar-refractivity contribution < 1.29 is 9.18 Å². The van der Waals surface area contributed by atoms with Gasteiger partial charge in [0.1, 0.15) is 5.82 Å². The van der Waals surface area contributed by atoms with E-state index in [0.717, 1.165) is 5.56 Å². The van der Waals surface area contributed by atoms with Gasteiger partial charge in [-0.05, 0) is 17.7 Å². The van der Waals surface area contributed by atoms with E-state index in [9.17, 15) is 9.18 Å². The number of halogens is 1. The average Bonchev–Trinajstić information content (AvgIpc) is 2.84. The minimum atomic E-state index is -0.323. The summed E-state index contributed by atoms with van der Waals surface area (Å²) in [5.74, 6) is -0.630. The van der Waals surface area contributed by atoms with Crippen LogP contribution in [0.3, 0.4) is 0 Å². The molecular formula is C12H14FN5O. The van der Waals surface area contributed by atoms with E-state index >= 15 is 0 Å². The summed E-state index contributed by atoms with van der Waals surface area (Å²) >= 11 is 0. The number of rotatable bonds is 5. The lowest BCUT2D eigenvalue weighted by Crippen LogP contribution is -2.29. The van der Waals surface area contributed by atoms with Crippen molar-refractivity contribution in [1.82, 2.24) is 20.3 Å². The molecule has 0 unspecified atom stereocenters. The minimum Gasteiger partial charge on any atom is -0.349 e. The fourth-order valence-corrected chi connectivity index (χ4v) is 1.58. The van der Waals surface area contributed by atoms with Crippen LogP contribution in [0, 0.1) is 5.82 Å². The molecule has 0 saturated carbocycles. The van der Waals surface area contributed by atoms with Gasteiger partial charge < -0.3 is 11.1 Å². The van der Waals surface area contributed by atoms with Gasteiger partial charge in [-0.1, -0.05) is 17.3 Å². The number of carbonyl (C=O) groups excluding carboxylic acids is 1. The van der Waals surface area contributed by atoms with Gasteiger partial charge in [0.2, 0.25) is 0 Å². The van der Waals surface area contributed by atoms with Gasteiger partial charge in [-0.3, -0.25) is 4.79 Å². The van der Waals surface area contributed by atoms with E-state index in [1.807, 2.05) is 0 Å². The molecule has 19 heavy (non-hydrogen) atoms. The molecule has 2 aromatic rings. The van der Waals surface area contributed by atoms with Crippen LogP contribution in [0.15, 0.2) is 30.5 Å². The predicted octanol–water partition coefficient (Wildman–Crippen LogP) is 0.154. The summed E-state index contributed by atoms with van der Waals surface area (Å²) in [5, 5.41) is 10.2. The highest BCUT2D eigenvalue weighted by Crippen LogP contribution is 2.05. The Kier molecular flexibility index (Phi) is 4.19. The van der Waals surface area contributed by atoms with Crippen molar-refractivity contribution in [2.75, 3.05) is 13.1 Å². The largest absolute Gasteiger partial charge is 0.349 e. The van der Waals surface area contributed by atoms with Gasteiger partial charge >= 0.3 is 0 Å².